The quantitative estimate of drug-likeness (QED) is 0.908. The number of benzene rings is 1. The van der Waals surface area contributed by atoms with E-state index in [0.29, 0.717) is 11.0 Å². The van der Waals surface area contributed by atoms with Crippen molar-refractivity contribution >= 4 is 22.5 Å². The number of hydrogen-bond acceptors (Lipinski definition) is 3. The maximum Gasteiger partial charge on any atom is 0.321 e. The van der Waals surface area contributed by atoms with E-state index in [9.17, 15) is 4.79 Å². The van der Waals surface area contributed by atoms with Gasteiger partial charge in [-0.2, -0.15) is 0 Å². The first-order valence-electron chi connectivity index (χ1n) is 7.87. The second-order valence-corrected chi connectivity index (χ2v) is 7.04. The van der Waals surface area contributed by atoms with Gasteiger partial charge in [-0.05, 0) is 36.8 Å². The smallest absolute Gasteiger partial charge is 0.321 e. The molecule has 1 heterocycles. The highest BCUT2D eigenvalue weighted by molar-refractivity contribution is 7.13. The van der Waals surface area contributed by atoms with Crippen LogP contribution in [0.3, 0.4) is 0 Å². The van der Waals surface area contributed by atoms with Crippen molar-refractivity contribution in [3.63, 3.8) is 0 Å². The molecule has 0 unspecified atom stereocenters. The fourth-order valence-corrected chi connectivity index (χ4v) is 4.00. The number of aromatic nitrogens is 1. The molecule has 1 fully saturated rings. The third-order valence-corrected chi connectivity index (χ3v) is 5.43. The first kappa shape index (κ1) is 13.8. The van der Waals surface area contributed by atoms with Crippen LogP contribution < -0.4 is 10.6 Å². The van der Waals surface area contributed by atoms with E-state index >= 15 is 0 Å². The lowest BCUT2D eigenvalue weighted by atomic mass is 9.83. The normalized spacial score (nSPS) is 17.8. The van der Waals surface area contributed by atoms with E-state index in [0.717, 1.165) is 18.5 Å². The first-order chi connectivity index (χ1) is 10.8. The van der Waals surface area contributed by atoms with Crippen molar-refractivity contribution in [2.24, 2.45) is 0 Å². The highest BCUT2D eigenvalue weighted by Crippen LogP contribution is 2.37. The van der Waals surface area contributed by atoms with E-state index < -0.39 is 0 Å². The average Bonchev–Trinajstić information content (AvgIpc) is 3.03. The third kappa shape index (κ3) is 2.73. The lowest BCUT2D eigenvalue weighted by Gasteiger charge is -2.22. The van der Waals surface area contributed by atoms with Crippen molar-refractivity contribution < 1.29 is 4.79 Å². The number of anilines is 1. The molecule has 2 N–H and O–H groups in total. The monoisotopic (exact) mass is 313 g/mol. The zero-order valence-corrected chi connectivity index (χ0v) is 13.2. The first-order valence-corrected chi connectivity index (χ1v) is 8.75. The molecule has 2 aliphatic carbocycles. The van der Waals surface area contributed by atoms with Crippen LogP contribution in [-0.4, -0.2) is 17.1 Å². The van der Waals surface area contributed by atoms with Crippen LogP contribution in [0.25, 0.3) is 0 Å². The molecule has 2 amide bonds. The third-order valence-electron chi connectivity index (χ3n) is 4.65. The molecule has 4 rings (SSSR count). The molecule has 2 aliphatic rings. The lowest BCUT2D eigenvalue weighted by molar-refractivity contribution is 0.249. The van der Waals surface area contributed by atoms with Crippen LogP contribution in [0.2, 0.25) is 0 Å². The summed E-state index contributed by atoms with van der Waals surface area (Å²) in [6, 6.07) is 8.43. The SMILES string of the molecule is O=C(Nc1nc(C2CCC2)cs1)NC1Cc2ccccc2C1. The maximum atomic E-state index is 12.1. The number of urea groups is 1. The Morgan fingerprint density at radius 1 is 1.18 bits per heavy atom. The van der Waals surface area contributed by atoms with E-state index in [1.807, 2.05) is 0 Å². The van der Waals surface area contributed by atoms with Gasteiger partial charge in [-0.15, -0.1) is 11.3 Å². The second kappa shape index (κ2) is 5.72. The topological polar surface area (TPSA) is 54.0 Å². The molecule has 0 radical (unpaired) electrons. The Kier molecular flexibility index (Phi) is 3.58. The Balaban J connectivity index is 1.32. The Labute approximate surface area is 134 Å². The van der Waals surface area contributed by atoms with Gasteiger partial charge in [-0.3, -0.25) is 5.32 Å². The van der Waals surface area contributed by atoms with Crippen molar-refractivity contribution in [3.05, 3.63) is 46.5 Å². The number of carbonyl (C=O) groups is 1. The van der Waals surface area contributed by atoms with Gasteiger partial charge in [0.15, 0.2) is 5.13 Å². The fraction of sp³-hybridized carbons (Fsp3) is 0.412. The highest BCUT2D eigenvalue weighted by atomic mass is 32.1. The molecule has 5 heteroatoms. The number of thiazole rings is 1. The van der Waals surface area contributed by atoms with Gasteiger partial charge >= 0.3 is 6.03 Å². The molecule has 0 bridgehead atoms. The summed E-state index contributed by atoms with van der Waals surface area (Å²) in [6.07, 6.45) is 5.59. The molecule has 0 saturated heterocycles. The van der Waals surface area contributed by atoms with Gasteiger partial charge in [-0.25, -0.2) is 9.78 Å². The summed E-state index contributed by atoms with van der Waals surface area (Å²) in [6.45, 7) is 0. The Morgan fingerprint density at radius 3 is 2.55 bits per heavy atom. The maximum absolute atomic E-state index is 12.1. The molecule has 0 spiro atoms. The molecule has 22 heavy (non-hydrogen) atoms. The van der Waals surface area contributed by atoms with Crippen molar-refractivity contribution in [2.75, 3.05) is 5.32 Å². The van der Waals surface area contributed by atoms with Gasteiger partial charge in [0, 0.05) is 17.3 Å². The molecule has 0 atom stereocenters. The summed E-state index contributed by atoms with van der Waals surface area (Å²) in [4.78, 5) is 16.7. The number of rotatable bonds is 3. The van der Waals surface area contributed by atoms with E-state index in [2.05, 4.69) is 45.3 Å². The van der Waals surface area contributed by atoms with Crippen LogP contribution in [-0.2, 0) is 12.8 Å². The summed E-state index contributed by atoms with van der Waals surface area (Å²) >= 11 is 1.52. The van der Waals surface area contributed by atoms with Gasteiger partial charge in [0.1, 0.15) is 0 Å². The van der Waals surface area contributed by atoms with Gasteiger partial charge in [0.25, 0.3) is 0 Å². The minimum absolute atomic E-state index is 0.146. The summed E-state index contributed by atoms with van der Waals surface area (Å²) in [7, 11) is 0. The molecule has 4 nitrogen and oxygen atoms in total. The Morgan fingerprint density at radius 2 is 1.91 bits per heavy atom. The lowest BCUT2D eigenvalue weighted by Crippen LogP contribution is -2.38. The Hall–Kier alpha value is -1.88. The second-order valence-electron chi connectivity index (χ2n) is 6.18. The number of fused-ring (bicyclic) bond motifs is 1. The number of hydrogen-bond donors (Lipinski definition) is 2. The van der Waals surface area contributed by atoms with E-state index in [4.69, 9.17) is 0 Å². The predicted molar refractivity (Wildman–Crippen MR) is 88.5 cm³/mol. The van der Waals surface area contributed by atoms with Crippen LogP contribution in [0.15, 0.2) is 29.6 Å². The van der Waals surface area contributed by atoms with E-state index in [-0.39, 0.29) is 12.1 Å². The van der Waals surface area contributed by atoms with Crippen LogP contribution in [0.5, 0.6) is 0 Å². The van der Waals surface area contributed by atoms with Crippen LogP contribution >= 0.6 is 11.3 Å². The summed E-state index contributed by atoms with van der Waals surface area (Å²) in [5.74, 6) is 0.610. The minimum atomic E-state index is -0.146. The zero-order valence-electron chi connectivity index (χ0n) is 12.3. The fourth-order valence-electron chi connectivity index (χ4n) is 3.21. The number of carbonyl (C=O) groups excluding carboxylic acids is 1. The van der Waals surface area contributed by atoms with Gasteiger partial charge < -0.3 is 5.32 Å². The summed E-state index contributed by atoms with van der Waals surface area (Å²) in [5.41, 5.74) is 3.82. The average molecular weight is 313 g/mol. The Bertz CT molecular complexity index is 668. The van der Waals surface area contributed by atoms with E-state index in [1.165, 1.54) is 41.7 Å². The van der Waals surface area contributed by atoms with Crippen molar-refractivity contribution in [1.29, 1.82) is 0 Å². The van der Waals surface area contributed by atoms with Crippen molar-refractivity contribution in [2.45, 2.75) is 44.1 Å². The predicted octanol–water partition coefficient (Wildman–Crippen LogP) is 3.70. The van der Waals surface area contributed by atoms with Crippen LogP contribution in [0.4, 0.5) is 9.93 Å². The van der Waals surface area contributed by atoms with Gasteiger partial charge in [-0.1, -0.05) is 30.7 Å². The summed E-state index contributed by atoms with van der Waals surface area (Å²) in [5, 5.41) is 8.71. The van der Waals surface area contributed by atoms with Gasteiger partial charge in [0.05, 0.1) is 5.69 Å². The highest BCUT2D eigenvalue weighted by Gasteiger charge is 2.24. The van der Waals surface area contributed by atoms with Crippen LogP contribution in [0.1, 0.15) is 42.0 Å². The molecule has 1 saturated carbocycles. The van der Waals surface area contributed by atoms with Gasteiger partial charge in [0.2, 0.25) is 0 Å². The number of nitrogens with one attached hydrogen (secondary N) is 2. The summed E-state index contributed by atoms with van der Waals surface area (Å²) < 4.78 is 0. The molecule has 114 valence electrons. The standard InChI is InChI=1S/C17H19N3OS/c21-16(18-14-8-12-4-1-2-5-13(12)9-14)20-17-19-15(10-22-17)11-6-3-7-11/h1-2,4-5,10-11,14H,3,6-9H2,(H2,18,19,20,21). The number of nitrogens with zero attached hydrogens (tertiary/aromatic N) is 1. The molecule has 1 aromatic carbocycles. The number of amides is 2. The largest absolute Gasteiger partial charge is 0.334 e. The van der Waals surface area contributed by atoms with Crippen LogP contribution in [0, 0.1) is 0 Å². The molecule has 1 aromatic heterocycles. The molecule has 0 aliphatic heterocycles. The zero-order chi connectivity index (χ0) is 14.9. The molecule has 2 aromatic rings. The molecular weight excluding hydrogens is 294 g/mol. The van der Waals surface area contributed by atoms with Crippen molar-refractivity contribution in [3.8, 4) is 0 Å². The van der Waals surface area contributed by atoms with E-state index in [1.54, 1.807) is 0 Å². The molecular formula is C17H19N3OS. The van der Waals surface area contributed by atoms with Crippen molar-refractivity contribution in [1.82, 2.24) is 10.3 Å². The minimum Gasteiger partial charge on any atom is -0.334 e.